The van der Waals surface area contributed by atoms with E-state index in [1.165, 1.54) is 31.5 Å². The highest BCUT2D eigenvalue weighted by atomic mass is 35.5. The summed E-state index contributed by atoms with van der Waals surface area (Å²) in [5.74, 6) is 0.262. The number of ether oxygens (including phenoxy) is 2. The number of benzene rings is 2. The molecule has 1 heterocycles. The SMILES string of the molecule is COc1nc(Oc2ccc(CC(N)O)cc2)cnc1NS(=O)(=O)c1cccc(Cl)c1Cl. The maximum absolute atomic E-state index is 12.7. The number of aliphatic hydroxyl groups excluding tert-OH is 1. The van der Waals surface area contributed by atoms with Crippen LogP contribution >= 0.6 is 23.2 Å². The van der Waals surface area contributed by atoms with E-state index in [-0.39, 0.29) is 32.5 Å². The van der Waals surface area contributed by atoms with Crippen molar-refractivity contribution in [3.63, 3.8) is 0 Å². The third-order valence-corrected chi connectivity index (χ3v) is 6.25. The normalized spacial score (nSPS) is 12.3. The van der Waals surface area contributed by atoms with Crippen molar-refractivity contribution in [3.8, 4) is 17.5 Å². The molecule has 0 fully saturated rings. The number of hydrogen-bond donors (Lipinski definition) is 3. The molecule has 12 heteroatoms. The lowest BCUT2D eigenvalue weighted by Crippen LogP contribution is -2.21. The number of methoxy groups -OCH3 is 1. The van der Waals surface area contributed by atoms with Crippen LogP contribution in [0.15, 0.2) is 53.6 Å². The molecule has 0 bridgehead atoms. The topological polar surface area (TPSA) is 137 Å². The first-order chi connectivity index (χ1) is 14.7. The second-order valence-corrected chi connectivity index (χ2v) is 8.68. The Bertz CT molecular complexity index is 1170. The molecule has 0 spiro atoms. The molecule has 0 aliphatic rings. The molecule has 1 atom stereocenters. The van der Waals surface area contributed by atoms with Crippen molar-refractivity contribution in [2.24, 2.45) is 5.73 Å². The van der Waals surface area contributed by atoms with E-state index in [4.69, 9.17) is 38.4 Å². The quantitative estimate of drug-likeness (QED) is 0.414. The van der Waals surface area contributed by atoms with E-state index in [0.717, 1.165) is 5.56 Å². The average molecular weight is 485 g/mol. The third-order valence-electron chi connectivity index (χ3n) is 3.94. The summed E-state index contributed by atoms with van der Waals surface area (Å²) in [6, 6.07) is 11.1. The molecule has 164 valence electrons. The van der Waals surface area contributed by atoms with Crippen LogP contribution in [-0.2, 0) is 16.4 Å². The maximum Gasteiger partial charge on any atom is 0.264 e. The van der Waals surface area contributed by atoms with Crippen molar-refractivity contribution < 1.29 is 23.0 Å². The van der Waals surface area contributed by atoms with Gasteiger partial charge in [-0.05, 0) is 29.8 Å². The van der Waals surface area contributed by atoms with E-state index in [9.17, 15) is 13.5 Å². The van der Waals surface area contributed by atoms with Gasteiger partial charge in [0.25, 0.3) is 15.9 Å². The Morgan fingerprint density at radius 2 is 1.90 bits per heavy atom. The van der Waals surface area contributed by atoms with Crippen LogP contribution < -0.4 is 19.9 Å². The van der Waals surface area contributed by atoms with Crippen LogP contribution in [-0.4, -0.2) is 36.8 Å². The highest BCUT2D eigenvalue weighted by molar-refractivity contribution is 7.92. The molecule has 9 nitrogen and oxygen atoms in total. The number of nitrogens with zero attached hydrogens (tertiary/aromatic N) is 2. The summed E-state index contributed by atoms with van der Waals surface area (Å²) in [6.07, 6.45) is 0.594. The van der Waals surface area contributed by atoms with E-state index in [2.05, 4.69) is 14.7 Å². The molecule has 0 aliphatic carbocycles. The molecule has 1 unspecified atom stereocenters. The number of aliphatic hydroxyl groups is 1. The van der Waals surface area contributed by atoms with Crippen molar-refractivity contribution >= 4 is 39.0 Å². The first-order valence-corrected chi connectivity index (χ1v) is 11.0. The summed E-state index contributed by atoms with van der Waals surface area (Å²) < 4.78 is 38.4. The summed E-state index contributed by atoms with van der Waals surface area (Å²) in [5.41, 5.74) is 6.19. The van der Waals surface area contributed by atoms with Crippen molar-refractivity contribution in [2.45, 2.75) is 17.5 Å². The average Bonchev–Trinajstić information content (AvgIpc) is 2.72. The van der Waals surface area contributed by atoms with E-state index in [1.807, 2.05) is 0 Å². The van der Waals surface area contributed by atoms with Crippen molar-refractivity contribution in [2.75, 3.05) is 11.8 Å². The molecule has 31 heavy (non-hydrogen) atoms. The van der Waals surface area contributed by atoms with Gasteiger partial charge in [0.2, 0.25) is 11.7 Å². The van der Waals surface area contributed by atoms with Crippen LogP contribution in [0.2, 0.25) is 10.0 Å². The Hall–Kier alpha value is -2.63. The van der Waals surface area contributed by atoms with E-state index in [0.29, 0.717) is 12.2 Å². The minimum absolute atomic E-state index is 0.0761. The van der Waals surface area contributed by atoms with Gasteiger partial charge in [0.15, 0.2) is 0 Å². The zero-order valence-electron chi connectivity index (χ0n) is 16.1. The molecule has 0 radical (unpaired) electrons. The number of anilines is 1. The Morgan fingerprint density at radius 3 is 2.55 bits per heavy atom. The largest absolute Gasteiger partial charge is 0.478 e. The van der Waals surface area contributed by atoms with Gasteiger partial charge in [0, 0.05) is 6.42 Å². The van der Waals surface area contributed by atoms with E-state index in [1.54, 1.807) is 24.3 Å². The number of sulfonamides is 1. The standard InChI is InChI=1S/C19H18Cl2N4O5S/c1-29-19-18(25-31(27,28)14-4-2-3-13(20)17(14)21)23-10-16(24-19)30-12-7-5-11(6-8-12)9-15(22)26/h2-8,10,15,26H,9,22H2,1H3,(H,23,25). The number of rotatable bonds is 8. The minimum Gasteiger partial charge on any atom is -0.478 e. The highest BCUT2D eigenvalue weighted by Gasteiger charge is 2.23. The molecular formula is C19H18Cl2N4O5S. The lowest BCUT2D eigenvalue weighted by atomic mass is 10.1. The van der Waals surface area contributed by atoms with Gasteiger partial charge in [0.05, 0.1) is 23.4 Å². The van der Waals surface area contributed by atoms with Gasteiger partial charge in [-0.15, -0.1) is 0 Å². The molecule has 0 saturated heterocycles. The number of aromatic nitrogens is 2. The molecule has 0 amide bonds. The Morgan fingerprint density at radius 1 is 1.19 bits per heavy atom. The fraction of sp³-hybridized carbons (Fsp3) is 0.158. The van der Waals surface area contributed by atoms with Gasteiger partial charge >= 0.3 is 0 Å². The van der Waals surface area contributed by atoms with Crippen LogP contribution in [0.1, 0.15) is 5.56 Å². The maximum atomic E-state index is 12.7. The van der Waals surface area contributed by atoms with Crippen LogP contribution in [0.4, 0.5) is 5.82 Å². The highest BCUT2D eigenvalue weighted by Crippen LogP contribution is 2.32. The second-order valence-electron chi connectivity index (χ2n) is 6.24. The fourth-order valence-corrected chi connectivity index (χ4v) is 4.32. The van der Waals surface area contributed by atoms with E-state index >= 15 is 0 Å². The fourth-order valence-electron chi connectivity index (χ4n) is 2.55. The van der Waals surface area contributed by atoms with Gasteiger partial charge in [-0.25, -0.2) is 13.4 Å². The van der Waals surface area contributed by atoms with Crippen LogP contribution in [0.3, 0.4) is 0 Å². The zero-order valence-corrected chi connectivity index (χ0v) is 18.4. The summed E-state index contributed by atoms with van der Waals surface area (Å²) in [5, 5.41) is 9.21. The van der Waals surface area contributed by atoms with Gasteiger partial charge in [-0.1, -0.05) is 41.4 Å². The first kappa shape index (κ1) is 23.0. The molecule has 1 aromatic heterocycles. The molecular weight excluding hydrogens is 467 g/mol. The van der Waals surface area contributed by atoms with Gasteiger partial charge < -0.3 is 20.3 Å². The number of nitrogens with two attached hydrogens (primary N) is 1. The van der Waals surface area contributed by atoms with Crippen LogP contribution in [0, 0.1) is 0 Å². The minimum atomic E-state index is -4.11. The van der Waals surface area contributed by atoms with Gasteiger partial charge in [-0.2, -0.15) is 4.98 Å². The summed E-state index contributed by atoms with van der Waals surface area (Å²) in [4.78, 5) is 7.94. The Kier molecular flexibility index (Phi) is 7.19. The number of nitrogens with one attached hydrogen (secondary N) is 1. The number of halogens is 2. The van der Waals surface area contributed by atoms with E-state index < -0.39 is 16.3 Å². The predicted molar refractivity (Wildman–Crippen MR) is 116 cm³/mol. The Labute approximate surface area is 188 Å². The molecule has 0 aliphatic heterocycles. The van der Waals surface area contributed by atoms with Gasteiger partial charge in [0.1, 0.15) is 16.9 Å². The van der Waals surface area contributed by atoms with Crippen molar-refractivity contribution in [1.82, 2.24) is 9.97 Å². The third kappa shape index (κ3) is 5.75. The lowest BCUT2D eigenvalue weighted by molar-refractivity contribution is 0.183. The van der Waals surface area contributed by atoms with Gasteiger partial charge in [-0.3, -0.25) is 4.72 Å². The van der Waals surface area contributed by atoms with Crippen molar-refractivity contribution in [3.05, 3.63) is 64.3 Å². The first-order valence-electron chi connectivity index (χ1n) is 8.78. The van der Waals surface area contributed by atoms with Crippen LogP contribution in [0.25, 0.3) is 0 Å². The smallest absolute Gasteiger partial charge is 0.264 e. The lowest BCUT2D eigenvalue weighted by Gasteiger charge is -2.13. The zero-order chi connectivity index (χ0) is 22.6. The second kappa shape index (κ2) is 9.67. The Balaban J connectivity index is 1.80. The molecule has 2 aromatic carbocycles. The monoisotopic (exact) mass is 484 g/mol. The number of hydrogen-bond acceptors (Lipinski definition) is 8. The molecule has 4 N–H and O–H groups in total. The summed E-state index contributed by atoms with van der Waals surface area (Å²) >= 11 is 11.9. The summed E-state index contributed by atoms with van der Waals surface area (Å²) in [6.45, 7) is 0. The van der Waals surface area contributed by atoms with Crippen LogP contribution in [0.5, 0.6) is 17.5 Å². The van der Waals surface area contributed by atoms with Crippen molar-refractivity contribution in [1.29, 1.82) is 0 Å². The molecule has 3 rings (SSSR count). The predicted octanol–water partition coefficient (Wildman–Crippen LogP) is 3.20. The summed E-state index contributed by atoms with van der Waals surface area (Å²) in [7, 11) is -2.80. The molecule has 3 aromatic rings. The molecule has 0 saturated carbocycles.